The fourth-order valence-electron chi connectivity index (χ4n) is 5.62. The van der Waals surface area contributed by atoms with Gasteiger partial charge in [-0.15, -0.1) is 47.8 Å². The molecule has 0 aromatic heterocycles. The second kappa shape index (κ2) is 9.00. The zero-order chi connectivity index (χ0) is 24.4. The summed E-state index contributed by atoms with van der Waals surface area (Å²) in [5, 5.41) is 0. The Balaban J connectivity index is 0.00000252. The van der Waals surface area contributed by atoms with Crippen LogP contribution in [-0.2, 0) is 34.2 Å². The van der Waals surface area contributed by atoms with Crippen molar-refractivity contribution >= 4 is 17.1 Å². The fourth-order valence-corrected chi connectivity index (χ4v) is 5.62. The molecule has 0 atom stereocenters. The molecule has 0 amide bonds. The molecule has 8 bridgehead atoms. The van der Waals surface area contributed by atoms with Crippen LogP contribution >= 0.6 is 0 Å². The Labute approximate surface area is 231 Å². The summed E-state index contributed by atoms with van der Waals surface area (Å²) < 4.78 is 8.85. The molecule has 186 valence electrons. The maximum atomic E-state index is 3.74. The first-order valence-corrected chi connectivity index (χ1v) is 12.3. The van der Waals surface area contributed by atoms with Crippen molar-refractivity contribution in [2.24, 2.45) is 0 Å². The van der Waals surface area contributed by atoms with E-state index >= 15 is 0 Å². The third kappa shape index (κ3) is 4.08. The van der Waals surface area contributed by atoms with Crippen LogP contribution in [-0.4, -0.2) is 18.5 Å². The van der Waals surface area contributed by atoms with Crippen LogP contribution in [0.5, 0.6) is 0 Å². The average Bonchev–Trinajstić information content (AvgIpc) is 3.44. The fraction of sp³-hybridized carbons (Fsp3) is 0.161. The maximum Gasteiger partial charge on any atom is 4.00 e. The summed E-state index contributed by atoms with van der Waals surface area (Å²) in [7, 11) is 0. The van der Waals surface area contributed by atoms with Gasteiger partial charge in [-0.05, 0) is 44.6 Å². The van der Waals surface area contributed by atoms with Crippen molar-refractivity contribution < 1.29 is 21.1 Å². The molecule has 3 aromatic rings. The number of aryl methyl sites for hydroxylation is 3. The molecule has 0 N–H and O–H groups in total. The van der Waals surface area contributed by atoms with Crippen molar-refractivity contribution in [2.45, 2.75) is 33.9 Å². The van der Waals surface area contributed by atoms with Gasteiger partial charge in [0.25, 0.3) is 0 Å². The zero-order valence-electron chi connectivity index (χ0n) is 21.0. The summed E-state index contributed by atoms with van der Waals surface area (Å²) in [5.41, 5.74) is 11.6. The first-order valence-electron chi connectivity index (χ1n) is 12.3. The maximum absolute atomic E-state index is 3.74. The van der Waals surface area contributed by atoms with E-state index in [2.05, 4.69) is 142 Å². The zero-order valence-corrected chi connectivity index (χ0v) is 23.3. The largest absolute Gasteiger partial charge is 4.00 e. The predicted octanol–water partition coefficient (Wildman–Crippen LogP) is 6.71. The van der Waals surface area contributed by atoms with E-state index in [4.69, 9.17) is 0 Å². The molecule has 0 aliphatic carbocycles. The SMILES string of the molecule is Cc1cc(C)c(N2c3[c-]c(ccc3)Cn3cc4ccc5cn([cH-]n-5n-4[cH-]3)Cc3[c-]c2ccc3)c(C)c1.[Pt+4]. The van der Waals surface area contributed by atoms with E-state index in [-0.39, 0.29) is 21.1 Å². The Morgan fingerprint density at radius 2 is 1.16 bits per heavy atom. The van der Waals surface area contributed by atoms with E-state index in [0.717, 1.165) is 47.0 Å². The van der Waals surface area contributed by atoms with Gasteiger partial charge in [-0.1, -0.05) is 40.4 Å². The number of nitrogens with zero attached hydrogens (tertiary/aromatic N) is 5. The molecule has 5 nitrogen and oxygen atoms in total. The van der Waals surface area contributed by atoms with Gasteiger partial charge in [0, 0.05) is 18.8 Å². The molecule has 0 fully saturated rings. The van der Waals surface area contributed by atoms with Crippen LogP contribution in [0.3, 0.4) is 0 Å². The molecule has 3 aromatic carbocycles. The van der Waals surface area contributed by atoms with E-state index in [1.165, 1.54) is 22.4 Å². The smallest absolute Gasteiger partial charge is 0.450 e. The minimum atomic E-state index is 0. The Hall–Kier alpha value is -3.69. The number of anilines is 3. The second-order valence-corrected chi connectivity index (χ2v) is 9.91. The first kappa shape index (κ1) is 23.7. The van der Waals surface area contributed by atoms with E-state index in [1.54, 1.807) is 0 Å². The molecule has 0 saturated heterocycles. The van der Waals surface area contributed by atoms with Gasteiger partial charge in [-0.2, -0.15) is 36.4 Å². The van der Waals surface area contributed by atoms with Crippen molar-refractivity contribution in [3.8, 4) is 11.4 Å². The van der Waals surface area contributed by atoms with Crippen molar-refractivity contribution in [3.05, 3.63) is 126 Å². The summed E-state index contributed by atoms with van der Waals surface area (Å²) in [6.07, 6.45) is 8.70. The summed E-state index contributed by atoms with van der Waals surface area (Å²) in [6.45, 7) is 8.03. The van der Waals surface area contributed by atoms with Crippen molar-refractivity contribution in [2.75, 3.05) is 4.90 Å². The van der Waals surface area contributed by atoms with Crippen LogP contribution < -0.4 is 4.90 Å². The topological polar surface area (TPSA) is 23.0 Å². The minimum absolute atomic E-state index is 0. The molecule has 4 aliphatic heterocycles. The monoisotopic (exact) mass is 664 g/mol. The van der Waals surface area contributed by atoms with Gasteiger partial charge in [0.15, 0.2) is 0 Å². The number of hydrogen-bond donors (Lipinski definition) is 0. The van der Waals surface area contributed by atoms with Gasteiger partial charge in [0.2, 0.25) is 0 Å². The number of hydrogen-bond acceptors (Lipinski definition) is 1. The predicted molar refractivity (Wildman–Crippen MR) is 143 cm³/mol. The molecule has 0 unspecified atom stereocenters. The van der Waals surface area contributed by atoms with E-state index in [1.807, 2.05) is 0 Å². The van der Waals surface area contributed by atoms with Crippen molar-refractivity contribution in [1.29, 1.82) is 0 Å². The molecule has 0 spiro atoms. The van der Waals surface area contributed by atoms with Gasteiger partial charge < -0.3 is 23.4 Å². The van der Waals surface area contributed by atoms with Crippen LogP contribution in [0.1, 0.15) is 27.8 Å². The van der Waals surface area contributed by atoms with Gasteiger partial charge in [0.05, 0.1) is 0 Å². The molecule has 37 heavy (non-hydrogen) atoms. The normalized spacial score (nSPS) is 12.8. The molecule has 0 radical (unpaired) electrons. The first-order chi connectivity index (χ1) is 17.5. The molecule has 7 rings (SSSR count). The Bertz CT molecular complexity index is 1570. The van der Waals surface area contributed by atoms with Crippen molar-refractivity contribution in [1.82, 2.24) is 18.5 Å². The number of imidazole rings is 2. The summed E-state index contributed by atoms with van der Waals surface area (Å²) >= 11 is 0. The van der Waals surface area contributed by atoms with Crippen LogP contribution in [0.2, 0.25) is 0 Å². The molecule has 6 heteroatoms. The van der Waals surface area contributed by atoms with E-state index < -0.39 is 0 Å². The van der Waals surface area contributed by atoms with E-state index in [0.29, 0.717) is 0 Å². The third-order valence-corrected chi connectivity index (χ3v) is 7.02. The number of fused-ring (bicyclic) bond motifs is 6. The van der Waals surface area contributed by atoms with Gasteiger partial charge in [-0.25, -0.2) is 0 Å². The number of rotatable bonds is 1. The minimum Gasteiger partial charge on any atom is -0.450 e. The number of benzene rings is 3. The van der Waals surface area contributed by atoms with Crippen LogP contribution in [0.4, 0.5) is 17.1 Å². The van der Waals surface area contributed by atoms with Gasteiger partial charge >= 0.3 is 21.1 Å². The summed E-state index contributed by atoms with van der Waals surface area (Å²) in [5.74, 6) is 0. The summed E-state index contributed by atoms with van der Waals surface area (Å²) in [6, 6.07) is 29.2. The quantitative estimate of drug-likeness (QED) is 0.179. The standard InChI is InChI=1S/C31H27N5.Pt/c1-22-12-23(2)31(24(3)13-22)36-27-8-4-6-25(14-27)16-32-18-29-10-11-30-19-33(21-35(30)34(29)20-32)17-26-7-5-9-28(36)15-26;/h4-13,18-21H,16-17H2,1-3H3;/q-4;+4. The molecule has 4 heterocycles. The molecular weight excluding hydrogens is 637 g/mol. The average molecular weight is 665 g/mol. The number of aromatic nitrogens is 4. The van der Waals surface area contributed by atoms with Crippen molar-refractivity contribution in [3.63, 3.8) is 0 Å². The third-order valence-electron chi connectivity index (χ3n) is 7.02. The van der Waals surface area contributed by atoms with Crippen LogP contribution in [0.15, 0.2) is 85.7 Å². The Morgan fingerprint density at radius 1 is 0.676 bits per heavy atom. The molecule has 4 aliphatic rings. The van der Waals surface area contributed by atoms with Crippen LogP contribution in [0.25, 0.3) is 11.4 Å². The van der Waals surface area contributed by atoms with Crippen LogP contribution in [0, 0.1) is 32.9 Å². The van der Waals surface area contributed by atoms with E-state index in [9.17, 15) is 0 Å². The Kier molecular flexibility index (Phi) is 5.76. The Morgan fingerprint density at radius 3 is 1.65 bits per heavy atom. The van der Waals surface area contributed by atoms with Gasteiger partial charge in [0.1, 0.15) is 0 Å². The summed E-state index contributed by atoms with van der Waals surface area (Å²) in [4.78, 5) is 2.32. The molecule has 0 saturated carbocycles. The molecular formula is C31H27N5Pt. The second-order valence-electron chi connectivity index (χ2n) is 9.91. The van der Waals surface area contributed by atoms with Gasteiger partial charge in [-0.3, -0.25) is 0 Å².